The Kier molecular flexibility index (Phi) is 8.45. The first-order valence-corrected chi connectivity index (χ1v) is 12.5. The molecule has 4 rings (SSSR count). The molecule has 1 unspecified atom stereocenters. The second-order valence-corrected chi connectivity index (χ2v) is 9.46. The number of anilines is 1. The van der Waals surface area contributed by atoms with Gasteiger partial charge in [-0.3, -0.25) is 19.5 Å². The molecular weight excluding hydrogens is 500 g/mol. The lowest BCUT2D eigenvalue weighted by molar-refractivity contribution is -0.128. The maximum absolute atomic E-state index is 13.4. The van der Waals surface area contributed by atoms with Gasteiger partial charge >= 0.3 is 0 Å². The summed E-state index contributed by atoms with van der Waals surface area (Å²) in [5.41, 5.74) is 2.01. The standard InChI is InChI=1S/C26H25ClN4O4S/c1-34-20-10-11-22(35-2)21(15-20)30-24(32)16-23-25(33)31(14-12-18-5-3-4-13-28-18)26(36-23)29-19-8-6-17(27)7-9-19/h3-11,13,15,23H,12,14,16H2,1-2H3,(H,30,32). The highest BCUT2D eigenvalue weighted by Gasteiger charge is 2.39. The van der Waals surface area contributed by atoms with Crippen molar-refractivity contribution in [1.29, 1.82) is 0 Å². The lowest BCUT2D eigenvalue weighted by atomic mass is 10.2. The van der Waals surface area contributed by atoms with E-state index in [4.69, 9.17) is 21.1 Å². The van der Waals surface area contributed by atoms with Crippen LogP contribution in [0.25, 0.3) is 0 Å². The molecule has 1 saturated heterocycles. The highest BCUT2D eigenvalue weighted by Crippen LogP contribution is 2.33. The predicted octanol–water partition coefficient (Wildman–Crippen LogP) is 4.96. The van der Waals surface area contributed by atoms with Gasteiger partial charge in [0.1, 0.15) is 16.7 Å². The number of halogens is 1. The van der Waals surface area contributed by atoms with Crippen LogP contribution in [0.2, 0.25) is 5.02 Å². The summed E-state index contributed by atoms with van der Waals surface area (Å²) in [7, 11) is 3.06. The molecule has 36 heavy (non-hydrogen) atoms. The number of hydrogen-bond donors (Lipinski definition) is 1. The van der Waals surface area contributed by atoms with Gasteiger partial charge in [-0.25, -0.2) is 4.99 Å². The first-order valence-electron chi connectivity index (χ1n) is 11.2. The van der Waals surface area contributed by atoms with Crippen LogP contribution in [0.15, 0.2) is 71.9 Å². The van der Waals surface area contributed by atoms with Crippen molar-refractivity contribution in [3.63, 3.8) is 0 Å². The summed E-state index contributed by atoms with van der Waals surface area (Å²) in [6.45, 7) is 0.400. The van der Waals surface area contributed by atoms with Gasteiger partial charge in [0.2, 0.25) is 11.8 Å². The Bertz CT molecular complexity index is 1250. The Balaban J connectivity index is 1.51. The molecule has 0 radical (unpaired) electrons. The number of aromatic nitrogens is 1. The van der Waals surface area contributed by atoms with Crippen LogP contribution >= 0.6 is 23.4 Å². The molecule has 1 fully saturated rings. The fourth-order valence-corrected chi connectivity index (χ4v) is 4.92. The van der Waals surface area contributed by atoms with Crippen LogP contribution in [0.3, 0.4) is 0 Å². The fraction of sp³-hybridized carbons (Fsp3) is 0.231. The Morgan fingerprint density at radius 1 is 1.14 bits per heavy atom. The molecule has 2 amide bonds. The van der Waals surface area contributed by atoms with E-state index in [1.54, 1.807) is 60.7 Å². The quantitative estimate of drug-likeness (QED) is 0.425. The number of amides is 2. The number of nitrogens with one attached hydrogen (secondary N) is 1. The number of ether oxygens (including phenoxy) is 2. The maximum atomic E-state index is 13.4. The minimum atomic E-state index is -0.614. The van der Waals surface area contributed by atoms with Crippen LogP contribution in [0, 0.1) is 0 Å². The second-order valence-electron chi connectivity index (χ2n) is 7.86. The molecule has 0 spiro atoms. The molecule has 1 aliphatic heterocycles. The summed E-state index contributed by atoms with van der Waals surface area (Å²) in [6.07, 6.45) is 2.26. The minimum absolute atomic E-state index is 0.0242. The van der Waals surface area contributed by atoms with Crippen LogP contribution in [0.1, 0.15) is 12.1 Å². The molecule has 1 atom stereocenters. The van der Waals surface area contributed by atoms with Crippen molar-refractivity contribution in [2.45, 2.75) is 18.1 Å². The molecule has 0 bridgehead atoms. The number of amidine groups is 1. The van der Waals surface area contributed by atoms with Gasteiger partial charge < -0.3 is 14.8 Å². The van der Waals surface area contributed by atoms with Crippen molar-refractivity contribution in [3.05, 3.63) is 77.6 Å². The number of methoxy groups -OCH3 is 2. The predicted molar refractivity (Wildman–Crippen MR) is 142 cm³/mol. The van der Waals surface area contributed by atoms with Crippen molar-refractivity contribution in [2.24, 2.45) is 4.99 Å². The number of pyridine rings is 1. The van der Waals surface area contributed by atoms with Crippen LogP contribution in [-0.2, 0) is 16.0 Å². The second kappa shape index (κ2) is 11.9. The summed E-state index contributed by atoms with van der Waals surface area (Å²) in [5.74, 6) is 0.591. The van der Waals surface area contributed by atoms with Crippen LogP contribution < -0.4 is 14.8 Å². The van der Waals surface area contributed by atoms with E-state index in [1.165, 1.54) is 18.9 Å². The van der Waals surface area contributed by atoms with Gasteiger partial charge in [-0.2, -0.15) is 0 Å². The summed E-state index contributed by atoms with van der Waals surface area (Å²) < 4.78 is 10.6. The molecule has 10 heteroatoms. The van der Waals surface area contributed by atoms with E-state index in [0.717, 1.165) is 5.69 Å². The van der Waals surface area contributed by atoms with Crippen molar-refractivity contribution in [3.8, 4) is 11.5 Å². The maximum Gasteiger partial charge on any atom is 0.242 e. The zero-order chi connectivity index (χ0) is 25.5. The third kappa shape index (κ3) is 6.35. The Morgan fingerprint density at radius 3 is 2.64 bits per heavy atom. The zero-order valence-corrected chi connectivity index (χ0v) is 21.4. The molecule has 3 aromatic rings. The van der Waals surface area contributed by atoms with E-state index in [1.807, 2.05) is 18.2 Å². The van der Waals surface area contributed by atoms with Gasteiger partial charge in [0.15, 0.2) is 5.17 Å². The largest absolute Gasteiger partial charge is 0.497 e. The first kappa shape index (κ1) is 25.5. The van der Waals surface area contributed by atoms with Crippen molar-refractivity contribution in [1.82, 2.24) is 9.88 Å². The Morgan fingerprint density at radius 2 is 1.94 bits per heavy atom. The van der Waals surface area contributed by atoms with Crippen molar-refractivity contribution in [2.75, 3.05) is 26.1 Å². The van der Waals surface area contributed by atoms with Gasteiger partial charge in [0.05, 0.1) is 25.6 Å². The van der Waals surface area contributed by atoms with E-state index in [0.29, 0.717) is 46.0 Å². The van der Waals surface area contributed by atoms with Gasteiger partial charge in [0.25, 0.3) is 0 Å². The van der Waals surface area contributed by atoms with E-state index in [9.17, 15) is 9.59 Å². The first-order chi connectivity index (χ1) is 17.5. The molecule has 0 aliphatic carbocycles. The summed E-state index contributed by atoms with van der Waals surface area (Å²) in [4.78, 5) is 36.9. The topological polar surface area (TPSA) is 93.1 Å². The molecule has 2 heterocycles. The SMILES string of the molecule is COc1ccc(OC)c(NC(=O)CC2SC(=Nc3ccc(Cl)cc3)N(CCc3ccccn3)C2=O)c1. The fourth-order valence-electron chi connectivity index (χ4n) is 3.61. The number of carbonyl (C=O) groups is 2. The summed E-state index contributed by atoms with van der Waals surface area (Å²) in [6, 6.07) is 17.8. The number of thioether (sulfide) groups is 1. The van der Waals surface area contributed by atoms with Gasteiger partial charge in [-0.05, 0) is 48.5 Å². The van der Waals surface area contributed by atoms with E-state index < -0.39 is 5.25 Å². The van der Waals surface area contributed by atoms with Crippen molar-refractivity contribution < 1.29 is 19.1 Å². The smallest absolute Gasteiger partial charge is 0.242 e. The molecule has 1 aromatic heterocycles. The molecule has 1 aliphatic rings. The van der Waals surface area contributed by atoms with Gasteiger partial charge in [0, 0.05) is 42.4 Å². The highest BCUT2D eigenvalue weighted by molar-refractivity contribution is 8.15. The number of hydrogen-bond acceptors (Lipinski definition) is 7. The minimum Gasteiger partial charge on any atom is -0.497 e. The lowest BCUT2D eigenvalue weighted by Crippen LogP contribution is -2.35. The average molecular weight is 525 g/mol. The van der Waals surface area contributed by atoms with E-state index in [-0.39, 0.29) is 18.2 Å². The van der Waals surface area contributed by atoms with Crippen molar-refractivity contribution >= 4 is 51.7 Å². The normalized spacial score (nSPS) is 16.3. The molecule has 8 nitrogen and oxygen atoms in total. The van der Waals surface area contributed by atoms with E-state index >= 15 is 0 Å². The number of nitrogens with zero attached hydrogens (tertiary/aromatic N) is 3. The van der Waals surface area contributed by atoms with Gasteiger partial charge in [-0.15, -0.1) is 0 Å². The summed E-state index contributed by atoms with van der Waals surface area (Å²) in [5, 5.41) is 3.36. The van der Waals surface area contributed by atoms with Gasteiger partial charge in [-0.1, -0.05) is 29.4 Å². The Hall–Kier alpha value is -3.56. The Labute approximate surface area is 218 Å². The monoisotopic (exact) mass is 524 g/mol. The number of benzene rings is 2. The molecule has 186 valence electrons. The average Bonchev–Trinajstić information content (AvgIpc) is 3.17. The lowest BCUT2D eigenvalue weighted by Gasteiger charge is -2.16. The molecule has 0 saturated carbocycles. The zero-order valence-electron chi connectivity index (χ0n) is 19.8. The third-order valence-electron chi connectivity index (χ3n) is 5.44. The van der Waals surface area contributed by atoms with Crippen LogP contribution in [0.5, 0.6) is 11.5 Å². The summed E-state index contributed by atoms with van der Waals surface area (Å²) >= 11 is 7.27. The number of carbonyl (C=O) groups excluding carboxylic acids is 2. The number of rotatable bonds is 9. The highest BCUT2D eigenvalue weighted by atomic mass is 35.5. The molecule has 2 aromatic carbocycles. The third-order valence-corrected chi connectivity index (χ3v) is 6.87. The van der Waals surface area contributed by atoms with E-state index in [2.05, 4.69) is 15.3 Å². The van der Waals surface area contributed by atoms with Crippen LogP contribution in [-0.4, -0.2) is 52.9 Å². The molecular formula is C26H25ClN4O4S. The number of aliphatic imine (C=N–C) groups is 1. The van der Waals surface area contributed by atoms with Crippen LogP contribution in [0.4, 0.5) is 11.4 Å². The molecule has 1 N–H and O–H groups in total.